The van der Waals surface area contributed by atoms with E-state index in [9.17, 15) is 4.21 Å². The van der Waals surface area contributed by atoms with Crippen molar-refractivity contribution in [3.05, 3.63) is 71.8 Å². The van der Waals surface area contributed by atoms with Crippen LogP contribution in [0.4, 0.5) is 0 Å². The summed E-state index contributed by atoms with van der Waals surface area (Å²) in [4.78, 5) is 0. The molecule has 0 radical (unpaired) electrons. The van der Waals surface area contributed by atoms with Gasteiger partial charge in [0.25, 0.3) is 0 Å². The Bertz CT molecular complexity index is 1010. The molecule has 2 aromatic carbocycles. The summed E-state index contributed by atoms with van der Waals surface area (Å²) in [5.74, 6) is -2.07. The maximum atomic E-state index is 13.2. The summed E-state index contributed by atoms with van der Waals surface area (Å²) in [5.41, 5.74) is 1.29. The Morgan fingerprint density at radius 2 is 1.38 bits per heavy atom. The molecule has 8 atom stereocenters. The number of hydrogen-bond acceptors (Lipinski definition) is 8. The molecule has 0 unspecified atom stereocenters. The molecule has 37 heavy (non-hydrogen) atoms. The van der Waals surface area contributed by atoms with Crippen LogP contribution in [0.1, 0.15) is 31.9 Å². The van der Waals surface area contributed by atoms with Gasteiger partial charge >= 0.3 is 0 Å². The van der Waals surface area contributed by atoms with E-state index in [4.69, 9.17) is 33.2 Å². The first-order valence-electron chi connectivity index (χ1n) is 12.6. The predicted octanol–water partition coefficient (Wildman–Crippen LogP) is 3.79. The van der Waals surface area contributed by atoms with Crippen molar-refractivity contribution in [2.45, 2.75) is 75.4 Å². The van der Waals surface area contributed by atoms with Crippen LogP contribution in [0.2, 0.25) is 0 Å². The number of methoxy groups -OCH3 is 2. The van der Waals surface area contributed by atoms with Crippen LogP contribution in [0, 0.1) is 0 Å². The molecular formula is C28H38O8S. The van der Waals surface area contributed by atoms with Gasteiger partial charge < -0.3 is 33.2 Å². The van der Waals surface area contributed by atoms with Crippen LogP contribution in [0.25, 0.3) is 0 Å². The molecule has 2 aromatic rings. The minimum absolute atomic E-state index is 0.214. The van der Waals surface area contributed by atoms with Gasteiger partial charge in [-0.2, -0.15) is 0 Å². The zero-order valence-electron chi connectivity index (χ0n) is 22.2. The highest BCUT2D eigenvalue weighted by molar-refractivity contribution is 7.85. The Morgan fingerprint density at radius 3 is 1.92 bits per heavy atom. The van der Waals surface area contributed by atoms with Crippen molar-refractivity contribution < 1.29 is 37.4 Å². The molecule has 2 saturated heterocycles. The lowest BCUT2D eigenvalue weighted by Crippen LogP contribution is -2.73. The Morgan fingerprint density at radius 1 is 0.838 bits per heavy atom. The lowest BCUT2D eigenvalue weighted by atomic mass is 9.94. The Labute approximate surface area is 221 Å². The fourth-order valence-corrected chi connectivity index (χ4v) is 5.80. The fourth-order valence-electron chi connectivity index (χ4n) is 4.68. The van der Waals surface area contributed by atoms with Crippen molar-refractivity contribution >= 4 is 10.8 Å². The summed E-state index contributed by atoms with van der Waals surface area (Å²) in [6, 6.07) is 19.7. The molecule has 204 valence electrons. The van der Waals surface area contributed by atoms with Crippen LogP contribution in [-0.4, -0.2) is 72.2 Å². The second kappa shape index (κ2) is 12.4. The second-order valence-electron chi connectivity index (χ2n) is 9.44. The van der Waals surface area contributed by atoms with Crippen molar-refractivity contribution in [3.63, 3.8) is 0 Å². The minimum Gasteiger partial charge on any atom is -0.374 e. The third kappa shape index (κ3) is 6.15. The lowest BCUT2D eigenvalue weighted by Gasteiger charge is -2.57. The second-order valence-corrected chi connectivity index (χ2v) is 11.2. The van der Waals surface area contributed by atoms with E-state index >= 15 is 0 Å². The lowest BCUT2D eigenvalue weighted by molar-refractivity contribution is -0.471. The van der Waals surface area contributed by atoms with E-state index in [1.807, 2.05) is 67.6 Å². The molecule has 0 spiro atoms. The summed E-state index contributed by atoms with van der Waals surface area (Å²) >= 11 is 0. The van der Waals surface area contributed by atoms with Crippen LogP contribution < -0.4 is 0 Å². The van der Waals surface area contributed by atoms with Gasteiger partial charge in [-0.3, -0.25) is 4.21 Å². The van der Waals surface area contributed by atoms with Crippen LogP contribution in [0.15, 0.2) is 60.7 Å². The Balaban J connectivity index is 1.61. The van der Waals surface area contributed by atoms with E-state index in [0.29, 0.717) is 19.0 Å². The van der Waals surface area contributed by atoms with Crippen molar-refractivity contribution in [2.24, 2.45) is 0 Å². The van der Waals surface area contributed by atoms with Gasteiger partial charge in [0, 0.05) is 20.0 Å². The zero-order chi connectivity index (χ0) is 26.5. The first-order valence-corrected chi connectivity index (χ1v) is 14.0. The SMILES string of the molecule is CC[S@](=O)[C@H]1O[C@H](COCc2ccccc2)[C@H]2O[C@](C)(OC)[C@@](C)(OC)O[C@@H]2[C@@H]1OCc1ccccc1. The third-order valence-electron chi connectivity index (χ3n) is 7.14. The maximum Gasteiger partial charge on any atom is 0.220 e. The van der Waals surface area contributed by atoms with Gasteiger partial charge in [0.2, 0.25) is 11.6 Å². The number of ether oxygens (including phenoxy) is 7. The number of benzene rings is 2. The average molecular weight is 535 g/mol. The van der Waals surface area contributed by atoms with E-state index in [0.717, 1.165) is 11.1 Å². The summed E-state index contributed by atoms with van der Waals surface area (Å²) in [6.45, 7) is 6.32. The molecule has 0 aliphatic carbocycles. The van der Waals surface area contributed by atoms with Gasteiger partial charge in [0.15, 0.2) is 5.44 Å². The quantitative estimate of drug-likeness (QED) is 0.431. The smallest absolute Gasteiger partial charge is 0.220 e. The molecule has 0 saturated carbocycles. The summed E-state index contributed by atoms with van der Waals surface area (Å²) in [7, 11) is 1.75. The number of rotatable bonds is 11. The van der Waals surface area contributed by atoms with E-state index in [1.54, 1.807) is 28.1 Å². The van der Waals surface area contributed by atoms with Crippen LogP contribution in [0.5, 0.6) is 0 Å². The molecule has 0 N–H and O–H groups in total. The molecule has 8 nitrogen and oxygen atoms in total. The first-order chi connectivity index (χ1) is 17.8. The highest BCUT2D eigenvalue weighted by atomic mass is 32.2. The third-order valence-corrected chi connectivity index (χ3v) is 8.61. The molecule has 0 aromatic heterocycles. The van der Waals surface area contributed by atoms with Gasteiger partial charge in [-0.25, -0.2) is 0 Å². The Kier molecular flexibility index (Phi) is 9.53. The van der Waals surface area contributed by atoms with Gasteiger partial charge in [0.05, 0.1) is 30.6 Å². The number of fused-ring (bicyclic) bond motifs is 1. The van der Waals surface area contributed by atoms with Gasteiger partial charge in [-0.1, -0.05) is 67.6 Å². The van der Waals surface area contributed by atoms with Crippen LogP contribution >= 0.6 is 0 Å². The highest BCUT2D eigenvalue weighted by Gasteiger charge is 2.63. The molecule has 2 heterocycles. The molecule has 4 rings (SSSR count). The van der Waals surface area contributed by atoms with Crippen molar-refractivity contribution in [1.82, 2.24) is 0 Å². The predicted molar refractivity (Wildman–Crippen MR) is 139 cm³/mol. The van der Waals surface area contributed by atoms with Gasteiger partial charge in [0.1, 0.15) is 24.4 Å². The molecule has 0 amide bonds. The first kappa shape index (κ1) is 28.3. The molecule has 2 aliphatic rings. The zero-order valence-corrected chi connectivity index (χ0v) is 23.0. The monoisotopic (exact) mass is 534 g/mol. The van der Waals surface area contributed by atoms with E-state index in [-0.39, 0.29) is 6.61 Å². The Hall–Kier alpha value is -1.69. The van der Waals surface area contributed by atoms with Crippen molar-refractivity contribution in [3.8, 4) is 0 Å². The normalized spacial score (nSPS) is 34.6. The van der Waals surface area contributed by atoms with Crippen molar-refractivity contribution in [2.75, 3.05) is 26.6 Å². The van der Waals surface area contributed by atoms with Crippen molar-refractivity contribution in [1.29, 1.82) is 0 Å². The average Bonchev–Trinajstić information content (AvgIpc) is 2.93. The molecule has 0 bridgehead atoms. The summed E-state index contributed by atoms with van der Waals surface area (Å²) < 4.78 is 56.7. The summed E-state index contributed by atoms with van der Waals surface area (Å²) in [6.07, 6.45) is -2.50. The maximum absolute atomic E-state index is 13.2. The largest absolute Gasteiger partial charge is 0.374 e. The minimum atomic E-state index is -1.34. The molecule has 2 fully saturated rings. The van der Waals surface area contributed by atoms with E-state index in [2.05, 4.69) is 0 Å². The summed E-state index contributed by atoms with van der Waals surface area (Å²) in [5, 5.41) is 0. The van der Waals surface area contributed by atoms with Gasteiger partial charge in [-0.05, 0) is 25.0 Å². The fraction of sp³-hybridized carbons (Fsp3) is 0.571. The molecule has 2 aliphatic heterocycles. The van der Waals surface area contributed by atoms with E-state index in [1.165, 1.54) is 0 Å². The molecule has 9 heteroatoms. The number of hydrogen-bond donors (Lipinski definition) is 0. The molecular weight excluding hydrogens is 496 g/mol. The van der Waals surface area contributed by atoms with Crippen LogP contribution in [0.3, 0.4) is 0 Å². The van der Waals surface area contributed by atoms with Gasteiger partial charge in [-0.15, -0.1) is 0 Å². The van der Waals surface area contributed by atoms with Crippen LogP contribution in [-0.2, 0) is 57.2 Å². The highest BCUT2D eigenvalue weighted by Crippen LogP contribution is 2.44. The standard InChI is InChI=1S/C28H38O8S/c1-6-37(29)26-25(33-18-21-15-11-8-12-16-21)24-23(35-27(2,30-4)28(3,31-5)36-24)22(34-26)19-32-17-20-13-9-7-10-14-20/h7-16,22-26H,6,17-19H2,1-5H3/t22-,23-,24+,25+,26-,27+,28+,37+/m1/s1. The van der Waals surface area contributed by atoms with E-state index < -0.39 is 52.2 Å². The topological polar surface area (TPSA) is 81.7 Å².